The molecule has 2 fully saturated rings. The summed E-state index contributed by atoms with van der Waals surface area (Å²) in [5.74, 6) is 1.83. The molecule has 0 spiro atoms. The van der Waals surface area contributed by atoms with Gasteiger partial charge in [0.15, 0.2) is 0 Å². The summed E-state index contributed by atoms with van der Waals surface area (Å²) >= 11 is 6.49. The number of para-hydroxylation sites is 1. The van der Waals surface area contributed by atoms with Crippen molar-refractivity contribution in [2.24, 2.45) is 17.6 Å². The number of hydrogen-bond acceptors (Lipinski definition) is 2. The number of nitrogens with zero attached hydrogens (tertiary/aromatic N) is 1. The van der Waals surface area contributed by atoms with Crippen LogP contribution in [-0.2, 0) is 6.42 Å². The van der Waals surface area contributed by atoms with Crippen LogP contribution in [0.1, 0.15) is 37.7 Å². The van der Waals surface area contributed by atoms with E-state index in [2.05, 4.69) is 11.0 Å². The largest absolute Gasteiger partial charge is 0.370 e. The second-order valence-electron chi connectivity index (χ2n) is 6.33. The predicted molar refractivity (Wildman–Crippen MR) is 86.5 cm³/mol. The van der Waals surface area contributed by atoms with Crippen molar-refractivity contribution in [3.63, 3.8) is 0 Å². The molecular formula is C17H25ClN2. The van der Waals surface area contributed by atoms with E-state index in [1.807, 2.05) is 12.1 Å². The molecule has 2 nitrogen and oxygen atoms in total. The van der Waals surface area contributed by atoms with Crippen LogP contribution in [0.25, 0.3) is 0 Å². The Morgan fingerprint density at radius 3 is 2.75 bits per heavy atom. The van der Waals surface area contributed by atoms with Crippen molar-refractivity contribution < 1.29 is 0 Å². The molecule has 0 radical (unpaired) electrons. The number of halogens is 1. The summed E-state index contributed by atoms with van der Waals surface area (Å²) in [6, 6.07) is 6.25. The molecule has 2 N–H and O–H groups in total. The summed E-state index contributed by atoms with van der Waals surface area (Å²) < 4.78 is 0. The molecular weight excluding hydrogens is 268 g/mol. The lowest BCUT2D eigenvalue weighted by Crippen LogP contribution is -2.42. The third-order valence-electron chi connectivity index (χ3n) is 5.09. The molecule has 2 unspecified atom stereocenters. The Labute approximate surface area is 127 Å². The summed E-state index contributed by atoms with van der Waals surface area (Å²) in [6.45, 7) is 3.03. The molecule has 0 aromatic heterocycles. The second kappa shape index (κ2) is 6.36. The predicted octanol–water partition coefficient (Wildman–Crippen LogP) is 3.86. The summed E-state index contributed by atoms with van der Waals surface area (Å²) in [4.78, 5) is 2.53. The number of rotatable bonds is 3. The molecule has 1 saturated carbocycles. The van der Waals surface area contributed by atoms with E-state index >= 15 is 0 Å². The van der Waals surface area contributed by atoms with E-state index in [0.29, 0.717) is 6.54 Å². The van der Waals surface area contributed by atoms with Gasteiger partial charge < -0.3 is 10.6 Å². The van der Waals surface area contributed by atoms with Crippen molar-refractivity contribution in [3.8, 4) is 0 Å². The van der Waals surface area contributed by atoms with Gasteiger partial charge in [0, 0.05) is 13.1 Å². The van der Waals surface area contributed by atoms with Gasteiger partial charge in [0.1, 0.15) is 0 Å². The average molecular weight is 293 g/mol. The lowest BCUT2D eigenvalue weighted by atomic mass is 9.75. The number of hydrogen-bond donors (Lipinski definition) is 1. The Kier molecular flexibility index (Phi) is 4.52. The number of nitrogens with two attached hydrogens (primary N) is 1. The Hall–Kier alpha value is -0.730. The van der Waals surface area contributed by atoms with Crippen LogP contribution in [0.3, 0.4) is 0 Å². The van der Waals surface area contributed by atoms with Crippen molar-refractivity contribution in [1.29, 1.82) is 0 Å². The highest BCUT2D eigenvalue weighted by Gasteiger charge is 2.32. The van der Waals surface area contributed by atoms with Gasteiger partial charge in [-0.1, -0.05) is 43.0 Å². The van der Waals surface area contributed by atoms with Crippen LogP contribution in [0.5, 0.6) is 0 Å². The lowest BCUT2D eigenvalue weighted by molar-refractivity contribution is 0.202. The zero-order valence-corrected chi connectivity index (χ0v) is 12.9. The molecule has 2 aliphatic rings. The maximum Gasteiger partial charge on any atom is 0.0642 e. The summed E-state index contributed by atoms with van der Waals surface area (Å²) in [6.07, 6.45) is 7.94. The van der Waals surface area contributed by atoms with Gasteiger partial charge in [-0.3, -0.25) is 0 Å². The number of fused-ring (bicyclic) bond motifs is 1. The van der Waals surface area contributed by atoms with E-state index in [9.17, 15) is 0 Å². The highest BCUT2D eigenvalue weighted by atomic mass is 35.5. The molecule has 1 aliphatic carbocycles. The van der Waals surface area contributed by atoms with Crippen LogP contribution in [0.2, 0.25) is 5.02 Å². The van der Waals surface area contributed by atoms with Gasteiger partial charge in [0.05, 0.1) is 10.7 Å². The van der Waals surface area contributed by atoms with Crippen LogP contribution in [0.4, 0.5) is 5.69 Å². The smallest absolute Gasteiger partial charge is 0.0642 e. The first-order chi connectivity index (χ1) is 9.79. The molecule has 1 aromatic carbocycles. The van der Waals surface area contributed by atoms with E-state index in [0.717, 1.165) is 29.8 Å². The normalized spacial score (nSPS) is 26.4. The standard InChI is InChI=1S/C17H25ClN2/c18-16-7-3-6-14(8-10-19)17(16)20-11-9-13-4-1-2-5-15(13)12-20/h3,6-7,13,15H,1-2,4-5,8-12,19H2. The minimum Gasteiger partial charge on any atom is -0.370 e. The summed E-state index contributed by atoms with van der Waals surface area (Å²) in [7, 11) is 0. The number of benzene rings is 1. The maximum atomic E-state index is 6.49. The van der Waals surface area contributed by atoms with E-state index in [1.54, 1.807) is 0 Å². The zero-order valence-electron chi connectivity index (χ0n) is 12.2. The monoisotopic (exact) mass is 292 g/mol. The lowest BCUT2D eigenvalue weighted by Gasteiger charge is -2.43. The molecule has 1 heterocycles. The molecule has 1 saturated heterocycles. The Morgan fingerprint density at radius 2 is 1.95 bits per heavy atom. The van der Waals surface area contributed by atoms with Gasteiger partial charge in [-0.05, 0) is 49.3 Å². The van der Waals surface area contributed by atoms with Gasteiger partial charge in [-0.25, -0.2) is 0 Å². The first-order valence-corrected chi connectivity index (χ1v) is 8.40. The van der Waals surface area contributed by atoms with Gasteiger partial charge in [0.2, 0.25) is 0 Å². The molecule has 0 amide bonds. The summed E-state index contributed by atoms with van der Waals surface area (Å²) in [5, 5.41) is 0.894. The average Bonchev–Trinajstić information content (AvgIpc) is 2.47. The van der Waals surface area contributed by atoms with Crippen LogP contribution in [0.15, 0.2) is 18.2 Å². The highest BCUT2D eigenvalue weighted by Crippen LogP contribution is 2.40. The van der Waals surface area contributed by atoms with Gasteiger partial charge in [-0.2, -0.15) is 0 Å². The SMILES string of the molecule is NCCc1cccc(Cl)c1N1CCC2CCCCC2C1. The zero-order chi connectivity index (χ0) is 13.9. The van der Waals surface area contributed by atoms with E-state index < -0.39 is 0 Å². The molecule has 1 aliphatic heterocycles. The van der Waals surface area contributed by atoms with Crippen LogP contribution in [0, 0.1) is 11.8 Å². The Morgan fingerprint density at radius 1 is 1.15 bits per heavy atom. The molecule has 1 aromatic rings. The fourth-order valence-corrected chi connectivity index (χ4v) is 4.39. The van der Waals surface area contributed by atoms with Gasteiger partial charge in [-0.15, -0.1) is 0 Å². The van der Waals surface area contributed by atoms with Crippen molar-refractivity contribution in [2.75, 3.05) is 24.5 Å². The molecule has 3 heteroatoms. The minimum atomic E-state index is 0.688. The van der Waals surface area contributed by atoms with Gasteiger partial charge in [0.25, 0.3) is 0 Å². The third-order valence-corrected chi connectivity index (χ3v) is 5.40. The fourth-order valence-electron chi connectivity index (χ4n) is 4.08. The van der Waals surface area contributed by atoms with E-state index in [-0.39, 0.29) is 0 Å². The van der Waals surface area contributed by atoms with Crippen LogP contribution >= 0.6 is 11.6 Å². The van der Waals surface area contributed by atoms with Crippen molar-refractivity contribution in [1.82, 2.24) is 0 Å². The third kappa shape index (κ3) is 2.82. The molecule has 2 atom stereocenters. The quantitative estimate of drug-likeness (QED) is 0.917. The summed E-state index contributed by atoms with van der Waals surface area (Å²) in [5.41, 5.74) is 8.32. The van der Waals surface area contributed by atoms with E-state index in [4.69, 9.17) is 17.3 Å². The number of anilines is 1. The van der Waals surface area contributed by atoms with E-state index in [1.165, 1.54) is 49.9 Å². The first kappa shape index (κ1) is 14.2. The first-order valence-electron chi connectivity index (χ1n) is 8.02. The maximum absolute atomic E-state index is 6.49. The Balaban J connectivity index is 1.82. The van der Waals surface area contributed by atoms with Crippen LogP contribution < -0.4 is 10.6 Å². The number of piperidine rings is 1. The van der Waals surface area contributed by atoms with Gasteiger partial charge >= 0.3 is 0 Å². The molecule has 3 rings (SSSR count). The Bertz CT molecular complexity index is 460. The van der Waals surface area contributed by atoms with Crippen molar-refractivity contribution in [2.45, 2.75) is 38.5 Å². The van der Waals surface area contributed by atoms with Crippen molar-refractivity contribution in [3.05, 3.63) is 28.8 Å². The second-order valence-corrected chi connectivity index (χ2v) is 6.73. The molecule has 0 bridgehead atoms. The topological polar surface area (TPSA) is 29.3 Å². The highest BCUT2D eigenvalue weighted by molar-refractivity contribution is 6.33. The molecule has 20 heavy (non-hydrogen) atoms. The van der Waals surface area contributed by atoms with Crippen LogP contribution in [-0.4, -0.2) is 19.6 Å². The minimum absolute atomic E-state index is 0.688. The fraction of sp³-hybridized carbons (Fsp3) is 0.647. The van der Waals surface area contributed by atoms with Crippen molar-refractivity contribution >= 4 is 17.3 Å². The molecule has 110 valence electrons.